The van der Waals surface area contributed by atoms with E-state index in [1.54, 1.807) is 0 Å². The Kier molecular flexibility index (Phi) is 11.1. The molecule has 0 amide bonds. The lowest BCUT2D eigenvalue weighted by molar-refractivity contribution is 0.0168. The molecule has 28 heavy (non-hydrogen) atoms. The van der Waals surface area contributed by atoms with Gasteiger partial charge in [-0.2, -0.15) is 0 Å². The first-order valence-corrected chi connectivity index (χ1v) is 10.5. The average Bonchev–Trinajstić information content (AvgIpc) is 3.27. The van der Waals surface area contributed by atoms with Crippen molar-refractivity contribution in [1.29, 1.82) is 0 Å². The number of guanidine groups is 1. The van der Waals surface area contributed by atoms with E-state index >= 15 is 0 Å². The summed E-state index contributed by atoms with van der Waals surface area (Å²) in [6, 6.07) is 0. The van der Waals surface area contributed by atoms with Crippen LogP contribution >= 0.6 is 24.0 Å². The molecule has 0 aromatic carbocycles. The molecule has 2 aliphatic rings. The molecule has 0 bridgehead atoms. The summed E-state index contributed by atoms with van der Waals surface area (Å²) in [6.45, 7) is 7.64. The molecule has 2 N–H and O–H groups in total. The minimum Gasteiger partial charge on any atom is -0.379 e. The highest BCUT2D eigenvalue weighted by Crippen LogP contribution is 2.15. The predicted molar refractivity (Wildman–Crippen MR) is 120 cm³/mol. The van der Waals surface area contributed by atoms with E-state index in [1.807, 2.05) is 0 Å². The van der Waals surface area contributed by atoms with E-state index in [0.717, 1.165) is 76.1 Å². The molecule has 0 saturated carbocycles. The molecule has 0 aliphatic carbocycles. The maximum absolute atomic E-state index is 5.71. The molecule has 9 heteroatoms. The van der Waals surface area contributed by atoms with E-state index in [0.29, 0.717) is 19.3 Å². The summed E-state index contributed by atoms with van der Waals surface area (Å²) in [5.74, 6) is 2.89. The number of nitrogens with zero attached hydrogens (tertiary/aromatic N) is 4. The Balaban J connectivity index is 0.00000280. The summed E-state index contributed by atoms with van der Waals surface area (Å²) in [4.78, 5) is 4.69. The van der Waals surface area contributed by atoms with Crippen LogP contribution < -0.4 is 10.6 Å². The first-order valence-electron chi connectivity index (χ1n) is 10.5. The molecule has 3 rings (SSSR count). The molecule has 1 unspecified atom stereocenters. The number of hydrogen-bond donors (Lipinski definition) is 2. The van der Waals surface area contributed by atoms with Gasteiger partial charge in [0, 0.05) is 39.3 Å². The molecule has 1 aromatic heterocycles. The quantitative estimate of drug-likeness (QED) is 0.231. The molecular formula is C19H35IN6O2. The van der Waals surface area contributed by atoms with Crippen LogP contribution in [0.3, 0.4) is 0 Å². The van der Waals surface area contributed by atoms with Gasteiger partial charge in [-0.15, -0.1) is 34.2 Å². The predicted octanol–water partition coefficient (Wildman–Crippen LogP) is 2.26. The van der Waals surface area contributed by atoms with Gasteiger partial charge in [0.25, 0.3) is 0 Å². The maximum Gasteiger partial charge on any atom is 0.191 e. The number of halogens is 1. The monoisotopic (exact) mass is 506 g/mol. The van der Waals surface area contributed by atoms with Crippen LogP contribution in [0.1, 0.15) is 57.1 Å². The van der Waals surface area contributed by atoms with Crippen molar-refractivity contribution >= 4 is 29.9 Å². The van der Waals surface area contributed by atoms with Gasteiger partial charge in [0.2, 0.25) is 0 Å². The van der Waals surface area contributed by atoms with Crippen molar-refractivity contribution in [2.24, 2.45) is 4.99 Å². The van der Waals surface area contributed by atoms with E-state index in [2.05, 4.69) is 37.3 Å². The smallest absolute Gasteiger partial charge is 0.191 e. The standard InChI is InChI=1S/C19H34N6O2.HI/c1-2-20-19(21-10-7-12-26-15-16-8-6-13-27-16)22-14-18-24-23-17-9-4-3-5-11-25(17)18;/h16H,2-15H2,1H3,(H2,20,21,22);1H. The third-order valence-electron chi connectivity index (χ3n) is 4.99. The van der Waals surface area contributed by atoms with E-state index in [1.165, 1.54) is 19.3 Å². The summed E-state index contributed by atoms with van der Waals surface area (Å²) in [5.41, 5.74) is 0. The molecule has 0 radical (unpaired) electrons. The molecule has 0 spiro atoms. The number of nitrogens with one attached hydrogen (secondary N) is 2. The number of hydrogen-bond acceptors (Lipinski definition) is 5. The Morgan fingerprint density at radius 1 is 1.25 bits per heavy atom. The molecule has 1 fully saturated rings. The lowest BCUT2D eigenvalue weighted by Gasteiger charge is -2.13. The molecular weight excluding hydrogens is 471 g/mol. The highest BCUT2D eigenvalue weighted by atomic mass is 127. The minimum absolute atomic E-state index is 0. The normalized spacial score (nSPS) is 19.6. The van der Waals surface area contributed by atoms with Gasteiger partial charge < -0.3 is 24.7 Å². The van der Waals surface area contributed by atoms with E-state index in [4.69, 9.17) is 9.47 Å². The number of rotatable bonds is 9. The van der Waals surface area contributed by atoms with Gasteiger partial charge in [-0.1, -0.05) is 6.42 Å². The Morgan fingerprint density at radius 3 is 3.00 bits per heavy atom. The number of ether oxygens (including phenoxy) is 2. The fourth-order valence-corrected chi connectivity index (χ4v) is 3.53. The van der Waals surface area contributed by atoms with Crippen molar-refractivity contribution in [2.75, 3.05) is 32.9 Å². The minimum atomic E-state index is 0. The molecule has 2 aliphatic heterocycles. The van der Waals surface area contributed by atoms with Gasteiger partial charge in [0.1, 0.15) is 12.4 Å². The van der Waals surface area contributed by atoms with Gasteiger partial charge in [-0.05, 0) is 39.0 Å². The van der Waals surface area contributed by atoms with Crippen LogP contribution in [0.4, 0.5) is 0 Å². The largest absolute Gasteiger partial charge is 0.379 e. The highest BCUT2D eigenvalue weighted by molar-refractivity contribution is 14.0. The van der Waals surface area contributed by atoms with Gasteiger partial charge in [0.15, 0.2) is 11.8 Å². The molecule has 1 aromatic rings. The molecule has 3 heterocycles. The third-order valence-corrected chi connectivity index (χ3v) is 4.99. The zero-order valence-electron chi connectivity index (χ0n) is 17.0. The van der Waals surface area contributed by atoms with Crippen LogP contribution in [0, 0.1) is 0 Å². The van der Waals surface area contributed by atoms with E-state index in [-0.39, 0.29) is 24.0 Å². The topological polar surface area (TPSA) is 85.6 Å². The lowest BCUT2D eigenvalue weighted by atomic mass is 10.2. The number of aryl methyl sites for hydroxylation is 1. The van der Waals surface area contributed by atoms with Gasteiger partial charge in [-0.3, -0.25) is 0 Å². The SMILES string of the molecule is CCNC(=NCc1nnc2n1CCCCC2)NCCCOCC1CCCO1.I. The van der Waals surface area contributed by atoms with Crippen molar-refractivity contribution in [3.63, 3.8) is 0 Å². The second-order valence-corrected chi connectivity index (χ2v) is 7.18. The summed E-state index contributed by atoms with van der Waals surface area (Å²) in [5, 5.41) is 15.4. The van der Waals surface area contributed by atoms with E-state index < -0.39 is 0 Å². The molecule has 1 saturated heterocycles. The highest BCUT2D eigenvalue weighted by Gasteiger charge is 2.15. The first kappa shape index (κ1) is 23.3. The van der Waals surface area contributed by atoms with Gasteiger partial charge in [-0.25, -0.2) is 4.99 Å². The molecule has 160 valence electrons. The summed E-state index contributed by atoms with van der Waals surface area (Å²) in [7, 11) is 0. The fourth-order valence-electron chi connectivity index (χ4n) is 3.53. The number of aromatic nitrogens is 3. The lowest BCUT2D eigenvalue weighted by Crippen LogP contribution is -2.38. The van der Waals surface area contributed by atoms with Gasteiger partial charge >= 0.3 is 0 Å². The maximum atomic E-state index is 5.71. The van der Waals surface area contributed by atoms with Crippen molar-refractivity contribution in [1.82, 2.24) is 25.4 Å². The average molecular weight is 506 g/mol. The summed E-state index contributed by atoms with van der Waals surface area (Å²) < 4.78 is 13.5. The van der Waals surface area contributed by atoms with Gasteiger partial charge in [0.05, 0.1) is 12.7 Å². The van der Waals surface area contributed by atoms with Crippen molar-refractivity contribution in [2.45, 2.75) is 71.1 Å². The summed E-state index contributed by atoms with van der Waals surface area (Å²) in [6.07, 6.45) is 8.24. The van der Waals surface area contributed by atoms with Crippen LogP contribution in [0.25, 0.3) is 0 Å². The second kappa shape index (κ2) is 13.3. The number of fused-ring (bicyclic) bond motifs is 1. The van der Waals surface area contributed by atoms with Crippen LogP contribution in [0.2, 0.25) is 0 Å². The van der Waals surface area contributed by atoms with Crippen LogP contribution in [0.15, 0.2) is 4.99 Å². The molecule has 8 nitrogen and oxygen atoms in total. The van der Waals surface area contributed by atoms with Crippen LogP contribution in [-0.2, 0) is 29.0 Å². The summed E-state index contributed by atoms with van der Waals surface area (Å²) >= 11 is 0. The van der Waals surface area contributed by atoms with Crippen molar-refractivity contribution in [3.05, 3.63) is 11.6 Å². The Hall–Kier alpha value is -0.940. The third kappa shape index (κ3) is 7.47. The fraction of sp³-hybridized carbons (Fsp3) is 0.842. The number of aliphatic imine (C=N–C) groups is 1. The Morgan fingerprint density at radius 2 is 2.18 bits per heavy atom. The molecule has 1 atom stereocenters. The van der Waals surface area contributed by atoms with Crippen LogP contribution in [-0.4, -0.2) is 59.7 Å². The van der Waals surface area contributed by atoms with Crippen molar-refractivity contribution < 1.29 is 9.47 Å². The van der Waals surface area contributed by atoms with Crippen molar-refractivity contribution in [3.8, 4) is 0 Å². The Labute approximate surface area is 185 Å². The van der Waals surface area contributed by atoms with Crippen LogP contribution in [0.5, 0.6) is 0 Å². The zero-order valence-corrected chi connectivity index (χ0v) is 19.3. The second-order valence-electron chi connectivity index (χ2n) is 7.18. The zero-order chi connectivity index (χ0) is 18.7. The van der Waals surface area contributed by atoms with E-state index in [9.17, 15) is 0 Å². The Bertz CT molecular complexity index is 589. The first-order chi connectivity index (χ1) is 13.4.